The number of nitrogens with one attached hydrogen (secondary N) is 1. The second-order valence-electron chi connectivity index (χ2n) is 5.08. The normalized spacial score (nSPS) is 14.3. The number of anilines is 1. The quantitative estimate of drug-likeness (QED) is 0.741. The third-order valence-corrected chi connectivity index (χ3v) is 3.62. The van der Waals surface area contributed by atoms with Gasteiger partial charge in [0, 0.05) is 24.8 Å². The Morgan fingerprint density at radius 2 is 2.25 bits per heavy atom. The summed E-state index contributed by atoms with van der Waals surface area (Å²) in [6.45, 7) is 4.71. The van der Waals surface area contributed by atoms with Crippen LogP contribution in [0.5, 0.6) is 5.75 Å². The molecule has 0 saturated heterocycles. The Balaban J connectivity index is 1.89. The molecule has 1 fully saturated rings. The fraction of sp³-hybridized carbons (Fsp3) is 0.533. The molecule has 3 N–H and O–H groups in total. The molecule has 0 aliphatic heterocycles. The van der Waals surface area contributed by atoms with Crippen LogP contribution in [0.3, 0.4) is 0 Å². The number of likely N-dealkylation sites (N-methyl/N-ethyl adjacent to an activating group) is 1. The molecule has 5 nitrogen and oxygen atoms in total. The summed E-state index contributed by atoms with van der Waals surface area (Å²) in [4.78, 5) is 14.6. The molecule has 0 heterocycles. The standard InChI is InChI=1S/C15H23N3O2/c1-3-18(12-5-6-12)9-8-17-15(19)13-10-11(16)4-7-14(13)20-2/h4,7,10,12H,3,5-6,8-9,16H2,1-2H3,(H,17,19). The van der Waals surface area contributed by atoms with Gasteiger partial charge in [-0.15, -0.1) is 0 Å². The summed E-state index contributed by atoms with van der Waals surface area (Å²) in [5.41, 5.74) is 6.77. The lowest BCUT2D eigenvalue weighted by atomic mass is 10.1. The molecule has 0 atom stereocenters. The minimum Gasteiger partial charge on any atom is -0.496 e. The number of nitrogens with zero attached hydrogens (tertiary/aromatic N) is 1. The molecule has 1 aromatic carbocycles. The molecule has 0 unspecified atom stereocenters. The molecule has 1 aliphatic carbocycles. The van der Waals surface area contributed by atoms with Gasteiger partial charge in [-0.2, -0.15) is 0 Å². The molecule has 2 rings (SSSR count). The number of methoxy groups -OCH3 is 1. The monoisotopic (exact) mass is 277 g/mol. The predicted molar refractivity (Wildman–Crippen MR) is 80.0 cm³/mol. The number of hydrogen-bond acceptors (Lipinski definition) is 4. The van der Waals surface area contributed by atoms with Crippen molar-refractivity contribution in [2.75, 3.05) is 32.5 Å². The molecule has 0 spiro atoms. The highest BCUT2D eigenvalue weighted by atomic mass is 16.5. The number of ether oxygens (including phenoxy) is 1. The van der Waals surface area contributed by atoms with Crippen molar-refractivity contribution in [3.63, 3.8) is 0 Å². The highest BCUT2D eigenvalue weighted by Crippen LogP contribution is 2.26. The Hall–Kier alpha value is -1.75. The van der Waals surface area contributed by atoms with E-state index in [4.69, 9.17) is 10.5 Å². The molecular formula is C15H23N3O2. The van der Waals surface area contributed by atoms with Crippen LogP contribution < -0.4 is 15.8 Å². The summed E-state index contributed by atoms with van der Waals surface area (Å²) in [6, 6.07) is 5.81. The first-order valence-corrected chi connectivity index (χ1v) is 7.11. The summed E-state index contributed by atoms with van der Waals surface area (Å²) >= 11 is 0. The number of benzene rings is 1. The fourth-order valence-electron chi connectivity index (χ4n) is 2.35. The average molecular weight is 277 g/mol. The minimum atomic E-state index is -0.138. The van der Waals surface area contributed by atoms with Gasteiger partial charge in [0.2, 0.25) is 0 Å². The number of hydrogen-bond donors (Lipinski definition) is 2. The maximum absolute atomic E-state index is 12.2. The average Bonchev–Trinajstić information content (AvgIpc) is 3.28. The Morgan fingerprint density at radius 3 is 2.85 bits per heavy atom. The first kappa shape index (κ1) is 14.7. The Labute approximate surface area is 120 Å². The smallest absolute Gasteiger partial charge is 0.255 e. The van der Waals surface area contributed by atoms with E-state index in [1.54, 1.807) is 25.3 Å². The van der Waals surface area contributed by atoms with Crippen LogP contribution in [0.15, 0.2) is 18.2 Å². The number of nitrogens with two attached hydrogens (primary N) is 1. The number of carbonyl (C=O) groups is 1. The van der Waals surface area contributed by atoms with E-state index in [1.165, 1.54) is 12.8 Å². The Morgan fingerprint density at radius 1 is 1.50 bits per heavy atom. The lowest BCUT2D eigenvalue weighted by Crippen LogP contribution is -2.36. The van der Waals surface area contributed by atoms with E-state index >= 15 is 0 Å². The van der Waals surface area contributed by atoms with Crippen molar-refractivity contribution in [2.45, 2.75) is 25.8 Å². The van der Waals surface area contributed by atoms with Gasteiger partial charge in [-0.3, -0.25) is 9.69 Å². The lowest BCUT2D eigenvalue weighted by Gasteiger charge is -2.20. The third-order valence-electron chi connectivity index (χ3n) is 3.62. The summed E-state index contributed by atoms with van der Waals surface area (Å²) in [5.74, 6) is 0.409. The molecule has 1 aliphatic rings. The van der Waals surface area contributed by atoms with Crippen LogP contribution in [0.2, 0.25) is 0 Å². The van der Waals surface area contributed by atoms with Gasteiger partial charge in [-0.25, -0.2) is 0 Å². The molecule has 5 heteroatoms. The second kappa shape index (κ2) is 6.61. The van der Waals surface area contributed by atoms with E-state index in [0.717, 1.165) is 19.1 Å². The zero-order chi connectivity index (χ0) is 14.5. The van der Waals surface area contributed by atoms with E-state index in [1.807, 2.05) is 0 Å². The van der Waals surface area contributed by atoms with Crippen molar-refractivity contribution in [1.29, 1.82) is 0 Å². The van der Waals surface area contributed by atoms with Gasteiger partial charge in [0.05, 0.1) is 12.7 Å². The van der Waals surface area contributed by atoms with Crippen LogP contribution in [0.25, 0.3) is 0 Å². The van der Waals surface area contributed by atoms with Gasteiger partial charge in [0.25, 0.3) is 5.91 Å². The zero-order valence-corrected chi connectivity index (χ0v) is 12.2. The molecule has 110 valence electrons. The van der Waals surface area contributed by atoms with Crippen molar-refractivity contribution in [3.05, 3.63) is 23.8 Å². The van der Waals surface area contributed by atoms with Gasteiger partial charge >= 0.3 is 0 Å². The molecule has 0 bridgehead atoms. The molecule has 1 saturated carbocycles. The topological polar surface area (TPSA) is 67.6 Å². The van der Waals surface area contributed by atoms with Gasteiger partial charge in [-0.1, -0.05) is 6.92 Å². The maximum Gasteiger partial charge on any atom is 0.255 e. The highest BCUT2D eigenvalue weighted by molar-refractivity contribution is 5.97. The van der Waals surface area contributed by atoms with E-state index < -0.39 is 0 Å². The van der Waals surface area contributed by atoms with Crippen molar-refractivity contribution in [2.24, 2.45) is 0 Å². The first-order valence-electron chi connectivity index (χ1n) is 7.11. The number of rotatable bonds is 7. The van der Waals surface area contributed by atoms with E-state index in [0.29, 0.717) is 23.5 Å². The first-order chi connectivity index (χ1) is 9.65. The van der Waals surface area contributed by atoms with Crippen LogP contribution >= 0.6 is 0 Å². The molecule has 0 radical (unpaired) electrons. The number of carbonyl (C=O) groups excluding carboxylic acids is 1. The van der Waals surface area contributed by atoms with Crippen LogP contribution in [0, 0.1) is 0 Å². The SMILES string of the molecule is CCN(CCNC(=O)c1cc(N)ccc1OC)C1CC1. The van der Waals surface area contributed by atoms with Gasteiger partial charge in [0.1, 0.15) is 5.75 Å². The number of nitrogen functional groups attached to an aromatic ring is 1. The summed E-state index contributed by atoms with van der Waals surface area (Å²) in [6.07, 6.45) is 2.57. The molecule has 20 heavy (non-hydrogen) atoms. The van der Waals surface area contributed by atoms with E-state index in [9.17, 15) is 4.79 Å². The Kier molecular flexibility index (Phi) is 4.84. The zero-order valence-electron chi connectivity index (χ0n) is 12.2. The fourth-order valence-corrected chi connectivity index (χ4v) is 2.35. The second-order valence-corrected chi connectivity index (χ2v) is 5.08. The lowest BCUT2D eigenvalue weighted by molar-refractivity contribution is 0.0945. The maximum atomic E-state index is 12.2. The van der Waals surface area contributed by atoms with Gasteiger partial charge in [-0.05, 0) is 37.6 Å². The van der Waals surface area contributed by atoms with Crippen molar-refractivity contribution < 1.29 is 9.53 Å². The van der Waals surface area contributed by atoms with Crippen molar-refractivity contribution in [1.82, 2.24) is 10.2 Å². The predicted octanol–water partition coefficient (Wildman–Crippen LogP) is 1.49. The molecule has 1 aromatic rings. The number of amides is 1. The van der Waals surface area contributed by atoms with Crippen molar-refractivity contribution >= 4 is 11.6 Å². The van der Waals surface area contributed by atoms with Crippen LogP contribution in [0.1, 0.15) is 30.1 Å². The summed E-state index contributed by atoms with van der Waals surface area (Å²) in [5, 5.41) is 2.93. The van der Waals surface area contributed by atoms with Crippen molar-refractivity contribution in [3.8, 4) is 5.75 Å². The van der Waals surface area contributed by atoms with Gasteiger partial charge in [0.15, 0.2) is 0 Å². The third kappa shape index (κ3) is 3.63. The Bertz CT molecular complexity index is 472. The van der Waals surface area contributed by atoms with Crippen LogP contribution in [-0.4, -0.2) is 43.6 Å². The van der Waals surface area contributed by atoms with Crippen LogP contribution in [0.4, 0.5) is 5.69 Å². The summed E-state index contributed by atoms with van der Waals surface area (Å²) in [7, 11) is 1.55. The largest absolute Gasteiger partial charge is 0.496 e. The minimum absolute atomic E-state index is 0.138. The van der Waals surface area contributed by atoms with Crippen LogP contribution in [-0.2, 0) is 0 Å². The van der Waals surface area contributed by atoms with Gasteiger partial charge < -0.3 is 15.8 Å². The van der Waals surface area contributed by atoms with E-state index in [-0.39, 0.29) is 5.91 Å². The molecule has 0 aromatic heterocycles. The molecule has 1 amide bonds. The highest BCUT2D eigenvalue weighted by Gasteiger charge is 2.27. The summed E-state index contributed by atoms with van der Waals surface area (Å²) < 4.78 is 5.19. The molecular weight excluding hydrogens is 254 g/mol. The van der Waals surface area contributed by atoms with E-state index in [2.05, 4.69) is 17.1 Å².